The van der Waals surface area contributed by atoms with Crippen molar-refractivity contribution < 1.29 is 19.4 Å². The molecular formula is C12H21N3O4. The van der Waals surface area contributed by atoms with Crippen LogP contribution >= 0.6 is 0 Å². The van der Waals surface area contributed by atoms with Gasteiger partial charge in [-0.05, 0) is 19.3 Å². The van der Waals surface area contributed by atoms with Crippen molar-refractivity contribution in [2.45, 2.75) is 31.3 Å². The summed E-state index contributed by atoms with van der Waals surface area (Å²) in [4.78, 5) is 35.1. The lowest BCUT2D eigenvalue weighted by atomic mass is 10.1. The first-order chi connectivity index (χ1) is 9.24. The molecule has 0 saturated carbocycles. The summed E-state index contributed by atoms with van der Waals surface area (Å²) >= 11 is 0. The maximum atomic E-state index is 11.6. The molecule has 2 atom stereocenters. The van der Waals surface area contributed by atoms with Crippen molar-refractivity contribution in [3.63, 3.8) is 0 Å². The SMILES string of the molecule is COOC(=O)N1CCCC(N2CCC(NC=O)C2)C1. The average molecular weight is 271 g/mol. The number of hydrogen-bond donors (Lipinski definition) is 1. The van der Waals surface area contributed by atoms with Crippen LogP contribution in [0.4, 0.5) is 4.79 Å². The summed E-state index contributed by atoms with van der Waals surface area (Å²) in [7, 11) is 1.33. The topological polar surface area (TPSA) is 71.1 Å². The number of nitrogens with one attached hydrogen (secondary N) is 1. The second-order valence-corrected chi connectivity index (χ2v) is 5.02. The molecule has 2 fully saturated rings. The molecule has 2 amide bonds. The Bertz CT molecular complexity index is 326. The largest absolute Gasteiger partial charge is 0.441 e. The molecule has 0 spiro atoms. The molecule has 2 heterocycles. The molecular weight excluding hydrogens is 250 g/mol. The van der Waals surface area contributed by atoms with E-state index in [0.29, 0.717) is 19.1 Å². The molecule has 2 saturated heterocycles. The molecule has 2 aliphatic heterocycles. The Morgan fingerprint density at radius 2 is 2.16 bits per heavy atom. The van der Waals surface area contributed by atoms with Crippen LogP contribution in [0.15, 0.2) is 0 Å². The normalized spacial score (nSPS) is 28.2. The van der Waals surface area contributed by atoms with E-state index in [2.05, 4.69) is 20.0 Å². The first kappa shape index (κ1) is 14.1. The minimum atomic E-state index is -0.422. The molecule has 7 nitrogen and oxygen atoms in total. The van der Waals surface area contributed by atoms with Crippen molar-refractivity contribution in [2.75, 3.05) is 33.3 Å². The molecule has 0 radical (unpaired) electrons. The first-order valence-electron chi connectivity index (χ1n) is 6.68. The number of rotatable bonds is 4. The lowest BCUT2D eigenvalue weighted by Crippen LogP contribution is -2.49. The maximum Gasteiger partial charge on any atom is 0.441 e. The summed E-state index contributed by atoms with van der Waals surface area (Å²) in [6, 6.07) is 0.579. The summed E-state index contributed by atoms with van der Waals surface area (Å²) in [5.74, 6) is 0. The van der Waals surface area contributed by atoms with Gasteiger partial charge in [0.05, 0.1) is 7.11 Å². The highest BCUT2D eigenvalue weighted by Gasteiger charge is 2.33. The number of hydrogen-bond acceptors (Lipinski definition) is 5. The minimum Gasteiger partial charge on any atom is -0.355 e. The fraction of sp³-hybridized carbons (Fsp3) is 0.833. The summed E-state index contributed by atoms with van der Waals surface area (Å²) in [6.07, 6.45) is 3.35. The van der Waals surface area contributed by atoms with Gasteiger partial charge in [0.25, 0.3) is 0 Å². The molecule has 1 N–H and O–H groups in total. The van der Waals surface area contributed by atoms with Crippen molar-refractivity contribution in [1.82, 2.24) is 15.1 Å². The quantitative estimate of drug-likeness (QED) is 0.442. The smallest absolute Gasteiger partial charge is 0.355 e. The van der Waals surface area contributed by atoms with Gasteiger partial charge in [-0.3, -0.25) is 14.6 Å². The number of carbonyl (C=O) groups excluding carboxylic acids is 2. The summed E-state index contributed by atoms with van der Waals surface area (Å²) < 4.78 is 0. The zero-order valence-electron chi connectivity index (χ0n) is 11.2. The van der Waals surface area contributed by atoms with Crippen molar-refractivity contribution >= 4 is 12.5 Å². The molecule has 2 unspecified atom stereocenters. The fourth-order valence-corrected chi connectivity index (χ4v) is 2.89. The van der Waals surface area contributed by atoms with Gasteiger partial charge in [-0.25, -0.2) is 4.79 Å². The van der Waals surface area contributed by atoms with E-state index in [1.165, 1.54) is 7.11 Å². The third kappa shape index (κ3) is 3.57. The highest BCUT2D eigenvalue weighted by Crippen LogP contribution is 2.21. The number of carbonyl (C=O) groups is 2. The first-order valence-corrected chi connectivity index (χ1v) is 6.68. The van der Waals surface area contributed by atoms with Gasteiger partial charge in [-0.2, -0.15) is 4.89 Å². The molecule has 19 heavy (non-hydrogen) atoms. The number of likely N-dealkylation sites (tertiary alicyclic amines) is 2. The van der Waals surface area contributed by atoms with Crippen LogP contribution in [0.3, 0.4) is 0 Å². The molecule has 108 valence electrons. The predicted octanol–water partition coefficient (Wildman–Crippen LogP) is -0.0309. The van der Waals surface area contributed by atoms with Crippen LogP contribution in [0.1, 0.15) is 19.3 Å². The standard InChI is InChI=1S/C12H21N3O4/c1-18-19-12(17)15-5-2-3-11(8-15)14-6-4-10(7-14)13-9-16/h9-11H,2-8H2,1H3,(H,13,16). The number of piperidine rings is 1. The fourth-order valence-electron chi connectivity index (χ4n) is 2.89. The van der Waals surface area contributed by atoms with Crippen molar-refractivity contribution in [3.05, 3.63) is 0 Å². The molecule has 0 bridgehead atoms. The van der Waals surface area contributed by atoms with Crippen LogP contribution in [0.2, 0.25) is 0 Å². The second kappa shape index (κ2) is 6.72. The van der Waals surface area contributed by atoms with Crippen LogP contribution in [-0.2, 0) is 14.6 Å². The van der Waals surface area contributed by atoms with E-state index in [4.69, 9.17) is 0 Å². The second-order valence-electron chi connectivity index (χ2n) is 5.02. The van der Waals surface area contributed by atoms with E-state index in [-0.39, 0.29) is 6.04 Å². The molecule has 0 aromatic rings. The molecule has 2 aliphatic rings. The Morgan fingerprint density at radius 3 is 2.89 bits per heavy atom. The number of nitrogens with zero attached hydrogens (tertiary/aromatic N) is 2. The summed E-state index contributed by atoms with van der Waals surface area (Å²) in [5, 5.41) is 2.82. The lowest BCUT2D eigenvalue weighted by molar-refractivity contribution is -0.222. The average Bonchev–Trinajstić information content (AvgIpc) is 2.88. The van der Waals surface area contributed by atoms with Crippen LogP contribution in [0.25, 0.3) is 0 Å². The highest BCUT2D eigenvalue weighted by atomic mass is 17.2. The van der Waals surface area contributed by atoms with Gasteiger partial charge in [0.15, 0.2) is 0 Å². The Balaban J connectivity index is 1.84. The van der Waals surface area contributed by atoms with Gasteiger partial charge in [0, 0.05) is 38.3 Å². The maximum absolute atomic E-state index is 11.6. The zero-order valence-corrected chi connectivity index (χ0v) is 11.2. The van der Waals surface area contributed by atoms with Gasteiger partial charge in [-0.15, -0.1) is 0 Å². The Hall–Kier alpha value is -1.34. The monoisotopic (exact) mass is 271 g/mol. The van der Waals surface area contributed by atoms with Gasteiger partial charge in [-0.1, -0.05) is 0 Å². The van der Waals surface area contributed by atoms with E-state index >= 15 is 0 Å². The van der Waals surface area contributed by atoms with Crippen molar-refractivity contribution in [1.29, 1.82) is 0 Å². The molecule has 2 rings (SSSR count). The van der Waals surface area contributed by atoms with Crippen LogP contribution < -0.4 is 5.32 Å². The Morgan fingerprint density at radius 1 is 1.32 bits per heavy atom. The van der Waals surface area contributed by atoms with E-state index in [0.717, 1.165) is 38.8 Å². The lowest BCUT2D eigenvalue weighted by Gasteiger charge is -2.36. The van der Waals surface area contributed by atoms with Crippen molar-refractivity contribution in [3.8, 4) is 0 Å². The van der Waals surface area contributed by atoms with Crippen molar-refractivity contribution in [2.24, 2.45) is 0 Å². The number of amides is 2. The van der Waals surface area contributed by atoms with Gasteiger partial charge in [0.2, 0.25) is 6.41 Å². The van der Waals surface area contributed by atoms with Gasteiger partial charge < -0.3 is 10.2 Å². The Labute approximate surface area is 112 Å². The molecule has 0 aliphatic carbocycles. The van der Waals surface area contributed by atoms with Crippen LogP contribution in [0, 0.1) is 0 Å². The molecule has 0 aromatic carbocycles. The van der Waals surface area contributed by atoms with Crippen LogP contribution in [0.5, 0.6) is 0 Å². The summed E-state index contributed by atoms with van der Waals surface area (Å²) in [5.41, 5.74) is 0. The third-order valence-corrected chi connectivity index (χ3v) is 3.85. The Kier molecular flexibility index (Phi) is 4.98. The highest BCUT2D eigenvalue weighted by molar-refractivity contribution is 5.67. The van der Waals surface area contributed by atoms with Crippen LogP contribution in [-0.4, -0.2) is 67.7 Å². The van der Waals surface area contributed by atoms with E-state index in [1.54, 1.807) is 4.90 Å². The summed E-state index contributed by atoms with van der Waals surface area (Å²) in [6.45, 7) is 3.19. The van der Waals surface area contributed by atoms with E-state index in [1.807, 2.05) is 0 Å². The van der Waals surface area contributed by atoms with Gasteiger partial charge in [0.1, 0.15) is 0 Å². The minimum absolute atomic E-state index is 0.235. The predicted molar refractivity (Wildman–Crippen MR) is 67.3 cm³/mol. The van der Waals surface area contributed by atoms with E-state index in [9.17, 15) is 9.59 Å². The third-order valence-electron chi connectivity index (χ3n) is 3.85. The molecule has 0 aromatic heterocycles. The zero-order chi connectivity index (χ0) is 13.7. The van der Waals surface area contributed by atoms with E-state index < -0.39 is 6.09 Å². The molecule has 7 heteroatoms. The van der Waals surface area contributed by atoms with Gasteiger partial charge >= 0.3 is 6.09 Å².